The Morgan fingerprint density at radius 1 is 1.38 bits per heavy atom. The van der Waals surface area contributed by atoms with Crippen LogP contribution in [0, 0.1) is 0 Å². The van der Waals surface area contributed by atoms with Gasteiger partial charge in [-0.05, 0) is 25.1 Å². The third kappa shape index (κ3) is 4.48. The van der Waals surface area contributed by atoms with Gasteiger partial charge in [0, 0.05) is 18.4 Å². The van der Waals surface area contributed by atoms with Gasteiger partial charge in [-0.1, -0.05) is 12.1 Å². The van der Waals surface area contributed by atoms with Crippen molar-refractivity contribution in [1.29, 1.82) is 0 Å². The topological polar surface area (TPSA) is 77.4 Å². The third-order valence-corrected chi connectivity index (χ3v) is 3.73. The van der Waals surface area contributed by atoms with Crippen LogP contribution in [0.25, 0.3) is 0 Å². The molecule has 2 N–H and O–H groups in total. The van der Waals surface area contributed by atoms with E-state index in [1.165, 1.54) is 0 Å². The molecule has 0 unspecified atom stereocenters. The Hall–Kier alpha value is -2.54. The van der Waals surface area contributed by atoms with Crippen molar-refractivity contribution in [3.63, 3.8) is 0 Å². The summed E-state index contributed by atoms with van der Waals surface area (Å²) in [7, 11) is 0. The molecule has 1 aromatic carbocycles. The summed E-state index contributed by atoms with van der Waals surface area (Å²) in [6.07, 6.45) is 3.46. The highest BCUT2D eigenvalue weighted by molar-refractivity contribution is 5.78. The van der Waals surface area contributed by atoms with E-state index in [-0.39, 0.29) is 24.6 Å². The Kier molecular flexibility index (Phi) is 5.32. The van der Waals surface area contributed by atoms with Gasteiger partial charge in [0.2, 0.25) is 5.91 Å². The van der Waals surface area contributed by atoms with E-state index in [4.69, 9.17) is 9.47 Å². The summed E-state index contributed by atoms with van der Waals surface area (Å²) in [4.78, 5) is 11.9. The summed E-state index contributed by atoms with van der Waals surface area (Å²) in [5.41, 5.74) is 0. The third-order valence-electron chi connectivity index (χ3n) is 3.73. The van der Waals surface area contributed by atoms with Crippen molar-refractivity contribution in [2.45, 2.75) is 25.6 Å². The first kappa shape index (κ1) is 16.3. The smallest absolute Gasteiger partial charge is 0.234 e. The molecule has 128 valence electrons. The lowest BCUT2D eigenvalue weighted by Gasteiger charge is -2.26. The molecule has 1 aromatic heterocycles. The summed E-state index contributed by atoms with van der Waals surface area (Å²) in [6.45, 7) is 3.84. The molecule has 24 heavy (non-hydrogen) atoms. The minimum Gasteiger partial charge on any atom is -0.486 e. The number of nitrogens with zero attached hydrogens (tertiary/aromatic N) is 2. The van der Waals surface area contributed by atoms with E-state index >= 15 is 0 Å². The molecule has 1 aliphatic heterocycles. The minimum atomic E-state index is -0.176. The van der Waals surface area contributed by atoms with Crippen LogP contribution in [-0.4, -0.2) is 47.5 Å². The molecule has 0 aliphatic carbocycles. The number of nitrogens with one attached hydrogen (secondary N) is 2. The maximum atomic E-state index is 11.9. The molecule has 0 radical (unpaired) electrons. The quantitative estimate of drug-likeness (QED) is 0.786. The summed E-state index contributed by atoms with van der Waals surface area (Å²) in [6, 6.07) is 9.56. The van der Waals surface area contributed by atoms with E-state index in [1.807, 2.05) is 48.1 Å². The van der Waals surface area contributed by atoms with Crippen LogP contribution in [0.4, 0.5) is 0 Å². The molecule has 3 rings (SSSR count). The minimum absolute atomic E-state index is 0.0650. The summed E-state index contributed by atoms with van der Waals surface area (Å²) in [5.74, 6) is 1.40. The van der Waals surface area contributed by atoms with Crippen LogP contribution in [0.3, 0.4) is 0 Å². The Balaban J connectivity index is 1.35. The van der Waals surface area contributed by atoms with Crippen LogP contribution in [0.2, 0.25) is 0 Å². The molecule has 1 aliphatic rings. The van der Waals surface area contributed by atoms with Crippen molar-refractivity contribution in [3.05, 3.63) is 42.7 Å². The van der Waals surface area contributed by atoms with Crippen LogP contribution >= 0.6 is 0 Å². The highest BCUT2D eigenvalue weighted by atomic mass is 16.6. The number of carbonyl (C=O) groups excluding carboxylic acids is 1. The molecule has 2 atom stereocenters. The van der Waals surface area contributed by atoms with Crippen molar-refractivity contribution in [2.24, 2.45) is 0 Å². The number of para-hydroxylation sites is 2. The molecule has 7 nitrogen and oxygen atoms in total. The number of hydrogen-bond donors (Lipinski definition) is 2. The zero-order chi connectivity index (χ0) is 16.8. The second-order valence-corrected chi connectivity index (χ2v) is 5.81. The van der Waals surface area contributed by atoms with Gasteiger partial charge in [0.15, 0.2) is 11.5 Å². The number of fused-ring (bicyclic) bond motifs is 1. The van der Waals surface area contributed by atoms with Crippen molar-refractivity contribution in [1.82, 2.24) is 20.4 Å². The molecule has 1 amide bonds. The lowest BCUT2D eigenvalue weighted by Crippen LogP contribution is -2.45. The fourth-order valence-corrected chi connectivity index (χ4v) is 2.47. The predicted octanol–water partition coefficient (Wildman–Crippen LogP) is 0.817. The van der Waals surface area contributed by atoms with Crippen molar-refractivity contribution < 1.29 is 14.3 Å². The van der Waals surface area contributed by atoms with E-state index < -0.39 is 0 Å². The maximum absolute atomic E-state index is 11.9. The van der Waals surface area contributed by atoms with Gasteiger partial charge in [0.1, 0.15) is 12.7 Å². The fraction of sp³-hybridized carbons (Fsp3) is 0.412. The molecule has 2 heterocycles. The normalized spacial score (nSPS) is 17.3. The molecule has 7 heteroatoms. The average Bonchev–Trinajstić information content (AvgIpc) is 3.11. The standard InChI is InChI=1S/C17H22N4O3/c1-13(11-21-8-4-7-20-21)18-10-17(22)19-9-14-12-23-15-5-2-3-6-16(15)24-14/h2-8,13-14,18H,9-12H2,1H3,(H,19,22)/t13-,14+/m1/s1. The van der Waals surface area contributed by atoms with Gasteiger partial charge < -0.3 is 20.1 Å². The first-order chi connectivity index (χ1) is 11.7. The molecule has 0 saturated heterocycles. The molecule has 0 bridgehead atoms. The van der Waals surface area contributed by atoms with Gasteiger partial charge in [-0.3, -0.25) is 9.48 Å². The number of ether oxygens (including phenoxy) is 2. The van der Waals surface area contributed by atoms with Gasteiger partial charge in [-0.2, -0.15) is 5.10 Å². The largest absolute Gasteiger partial charge is 0.486 e. The van der Waals surface area contributed by atoms with E-state index in [0.717, 1.165) is 12.3 Å². The monoisotopic (exact) mass is 330 g/mol. The van der Waals surface area contributed by atoms with E-state index in [0.29, 0.717) is 18.9 Å². The zero-order valence-corrected chi connectivity index (χ0v) is 13.6. The predicted molar refractivity (Wildman–Crippen MR) is 89.1 cm³/mol. The molecule has 0 fully saturated rings. The zero-order valence-electron chi connectivity index (χ0n) is 13.6. The van der Waals surface area contributed by atoms with Crippen molar-refractivity contribution >= 4 is 5.91 Å². The Morgan fingerprint density at radius 2 is 2.21 bits per heavy atom. The van der Waals surface area contributed by atoms with Crippen molar-refractivity contribution in [3.8, 4) is 11.5 Å². The van der Waals surface area contributed by atoms with Crippen LogP contribution in [0.15, 0.2) is 42.7 Å². The van der Waals surface area contributed by atoms with Gasteiger partial charge in [-0.15, -0.1) is 0 Å². The van der Waals surface area contributed by atoms with Crippen LogP contribution in [0.5, 0.6) is 11.5 Å². The number of aromatic nitrogens is 2. The van der Waals surface area contributed by atoms with Crippen molar-refractivity contribution in [2.75, 3.05) is 19.7 Å². The fourth-order valence-electron chi connectivity index (χ4n) is 2.47. The van der Waals surface area contributed by atoms with Gasteiger partial charge in [0.25, 0.3) is 0 Å². The average molecular weight is 330 g/mol. The summed E-state index contributed by atoms with van der Waals surface area (Å²) < 4.78 is 13.3. The first-order valence-electron chi connectivity index (χ1n) is 8.06. The molecular formula is C17H22N4O3. The molecule has 0 saturated carbocycles. The van der Waals surface area contributed by atoms with Crippen LogP contribution in [-0.2, 0) is 11.3 Å². The Labute approximate surface area is 140 Å². The van der Waals surface area contributed by atoms with Gasteiger partial charge in [-0.25, -0.2) is 0 Å². The molecule has 2 aromatic rings. The lowest BCUT2D eigenvalue weighted by atomic mass is 10.2. The first-order valence-corrected chi connectivity index (χ1v) is 8.06. The van der Waals surface area contributed by atoms with E-state index in [9.17, 15) is 4.79 Å². The van der Waals surface area contributed by atoms with Gasteiger partial charge >= 0.3 is 0 Å². The summed E-state index contributed by atoms with van der Waals surface area (Å²) in [5, 5.41) is 10.2. The SMILES string of the molecule is C[C@H](Cn1cccn1)NCC(=O)NC[C@H]1COc2ccccc2O1. The second-order valence-electron chi connectivity index (χ2n) is 5.81. The second kappa shape index (κ2) is 7.83. The maximum Gasteiger partial charge on any atom is 0.234 e. The van der Waals surface area contributed by atoms with E-state index in [1.54, 1.807) is 6.20 Å². The molecule has 0 spiro atoms. The number of rotatable bonds is 7. The van der Waals surface area contributed by atoms with Crippen LogP contribution in [0.1, 0.15) is 6.92 Å². The number of carbonyl (C=O) groups is 1. The highest BCUT2D eigenvalue weighted by Crippen LogP contribution is 2.30. The number of amides is 1. The Bertz CT molecular complexity index is 660. The number of benzene rings is 1. The lowest BCUT2D eigenvalue weighted by molar-refractivity contribution is -0.120. The van der Waals surface area contributed by atoms with Crippen LogP contribution < -0.4 is 20.1 Å². The highest BCUT2D eigenvalue weighted by Gasteiger charge is 2.21. The number of hydrogen-bond acceptors (Lipinski definition) is 5. The van der Waals surface area contributed by atoms with Gasteiger partial charge in [0.05, 0.1) is 19.6 Å². The van der Waals surface area contributed by atoms with E-state index in [2.05, 4.69) is 15.7 Å². The summed E-state index contributed by atoms with van der Waals surface area (Å²) >= 11 is 0. The Morgan fingerprint density at radius 3 is 3.00 bits per heavy atom. The molecular weight excluding hydrogens is 308 g/mol.